The van der Waals surface area contributed by atoms with Crippen molar-refractivity contribution >= 4 is 6.03 Å². The molecule has 0 radical (unpaired) electrons. The van der Waals surface area contributed by atoms with Crippen LogP contribution in [0.25, 0.3) is 0 Å². The number of urea groups is 1. The number of nitrogens with one attached hydrogen (secondary N) is 1. The van der Waals surface area contributed by atoms with Gasteiger partial charge in [0.25, 0.3) is 0 Å². The van der Waals surface area contributed by atoms with Crippen molar-refractivity contribution < 1.29 is 19.0 Å². The molecule has 2 unspecified atom stereocenters. The lowest BCUT2D eigenvalue weighted by molar-refractivity contribution is -0.188. The van der Waals surface area contributed by atoms with Crippen LogP contribution < -0.4 is 5.32 Å². The second kappa shape index (κ2) is 7.77. The average molecular weight is 298 g/mol. The summed E-state index contributed by atoms with van der Waals surface area (Å²) >= 11 is 0. The van der Waals surface area contributed by atoms with E-state index in [4.69, 9.17) is 14.2 Å². The van der Waals surface area contributed by atoms with Gasteiger partial charge in [0.05, 0.1) is 32.5 Å². The zero-order chi connectivity index (χ0) is 15.1. The van der Waals surface area contributed by atoms with Crippen LogP contribution in [0.1, 0.15) is 19.8 Å². The number of nitrogens with zero attached hydrogens (tertiary/aromatic N) is 1. The van der Waals surface area contributed by atoms with Gasteiger partial charge in [-0.2, -0.15) is 0 Å². The molecule has 6 heteroatoms. The van der Waals surface area contributed by atoms with Crippen LogP contribution in [0.4, 0.5) is 4.79 Å². The van der Waals surface area contributed by atoms with E-state index in [1.165, 1.54) is 0 Å². The standard InChI is InChI=1S/C15H26N2O4/c1-3-7-19-9-6-16-14(18)17-10-13(2)21-15(11-17)5-4-8-20-12-15/h3,13H,1,4-12H2,2H3,(H,16,18). The van der Waals surface area contributed by atoms with E-state index in [0.29, 0.717) is 39.5 Å². The number of morpholine rings is 1. The van der Waals surface area contributed by atoms with Gasteiger partial charge in [-0.05, 0) is 19.8 Å². The fourth-order valence-corrected chi connectivity index (χ4v) is 2.93. The Kier molecular flexibility index (Phi) is 6.02. The Labute approximate surface area is 126 Å². The van der Waals surface area contributed by atoms with E-state index in [0.717, 1.165) is 19.4 Å². The summed E-state index contributed by atoms with van der Waals surface area (Å²) in [6, 6.07) is -0.0581. The van der Waals surface area contributed by atoms with Gasteiger partial charge in [0.1, 0.15) is 5.60 Å². The SMILES string of the molecule is C=CCOCCNC(=O)N1CC(C)OC2(CCCOC2)C1. The molecule has 0 aromatic carbocycles. The van der Waals surface area contributed by atoms with Crippen LogP contribution in [-0.2, 0) is 14.2 Å². The fourth-order valence-electron chi connectivity index (χ4n) is 2.93. The number of carbonyl (C=O) groups is 1. The number of ether oxygens (including phenoxy) is 3. The molecule has 0 aromatic heterocycles. The molecule has 2 aliphatic heterocycles. The maximum Gasteiger partial charge on any atom is 0.317 e. The Morgan fingerprint density at radius 2 is 2.48 bits per heavy atom. The molecule has 0 aliphatic carbocycles. The third-order valence-electron chi connectivity index (χ3n) is 3.74. The van der Waals surface area contributed by atoms with Gasteiger partial charge < -0.3 is 24.4 Å². The minimum Gasteiger partial charge on any atom is -0.378 e. The number of rotatable bonds is 5. The summed E-state index contributed by atoms with van der Waals surface area (Å²) in [5, 5.41) is 2.89. The van der Waals surface area contributed by atoms with Crippen LogP contribution >= 0.6 is 0 Å². The lowest BCUT2D eigenvalue weighted by Gasteiger charge is -2.47. The van der Waals surface area contributed by atoms with Gasteiger partial charge in [-0.3, -0.25) is 0 Å². The number of carbonyl (C=O) groups excluding carboxylic acids is 1. The molecule has 0 saturated carbocycles. The molecule has 2 amide bonds. The summed E-state index contributed by atoms with van der Waals surface area (Å²) < 4.78 is 16.9. The van der Waals surface area contributed by atoms with E-state index in [1.54, 1.807) is 6.08 Å². The van der Waals surface area contributed by atoms with Gasteiger partial charge in [-0.1, -0.05) is 6.08 Å². The van der Waals surface area contributed by atoms with E-state index in [9.17, 15) is 4.79 Å². The lowest BCUT2D eigenvalue weighted by Crippen LogP contribution is -2.61. The monoisotopic (exact) mass is 298 g/mol. The third-order valence-corrected chi connectivity index (χ3v) is 3.74. The van der Waals surface area contributed by atoms with Crippen molar-refractivity contribution in [3.8, 4) is 0 Å². The van der Waals surface area contributed by atoms with Crippen molar-refractivity contribution in [1.29, 1.82) is 0 Å². The predicted octanol–water partition coefficient (Wildman–Crippen LogP) is 1.17. The summed E-state index contributed by atoms with van der Waals surface area (Å²) in [5.41, 5.74) is -0.327. The maximum atomic E-state index is 12.2. The van der Waals surface area contributed by atoms with Crippen LogP contribution in [0.2, 0.25) is 0 Å². The summed E-state index contributed by atoms with van der Waals surface area (Å²) in [5.74, 6) is 0. The molecule has 2 saturated heterocycles. The second-order valence-electron chi connectivity index (χ2n) is 5.74. The molecule has 0 bridgehead atoms. The van der Waals surface area contributed by atoms with Gasteiger partial charge in [0, 0.05) is 19.7 Å². The van der Waals surface area contributed by atoms with Crippen molar-refractivity contribution in [3.05, 3.63) is 12.7 Å². The average Bonchev–Trinajstić information content (AvgIpc) is 2.46. The Balaban J connectivity index is 1.80. The number of hydrogen-bond donors (Lipinski definition) is 1. The number of amides is 2. The Morgan fingerprint density at radius 3 is 3.19 bits per heavy atom. The molecule has 6 nitrogen and oxygen atoms in total. The minimum absolute atomic E-state index is 0.0308. The first-order valence-corrected chi connectivity index (χ1v) is 7.62. The lowest BCUT2D eigenvalue weighted by atomic mass is 9.93. The van der Waals surface area contributed by atoms with Gasteiger partial charge in [0.15, 0.2) is 0 Å². The molecular weight excluding hydrogens is 272 g/mol. The Bertz CT molecular complexity index is 356. The van der Waals surface area contributed by atoms with Crippen molar-refractivity contribution in [1.82, 2.24) is 10.2 Å². The van der Waals surface area contributed by atoms with Crippen LogP contribution in [0.15, 0.2) is 12.7 Å². The summed E-state index contributed by atoms with van der Waals surface area (Å²) in [6.45, 7) is 9.64. The fraction of sp³-hybridized carbons (Fsp3) is 0.800. The van der Waals surface area contributed by atoms with E-state index in [1.807, 2.05) is 11.8 Å². The first kappa shape index (κ1) is 16.3. The van der Waals surface area contributed by atoms with Crippen LogP contribution in [0, 0.1) is 0 Å². The molecule has 2 atom stereocenters. The van der Waals surface area contributed by atoms with Crippen LogP contribution in [0.5, 0.6) is 0 Å². The summed E-state index contributed by atoms with van der Waals surface area (Å²) in [7, 11) is 0. The van der Waals surface area contributed by atoms with Crippen LogP contribution in [0.3, 0.4) is 0 Å². The Hall–Kier alpha value is -1.11. The molecule has 0 aromatic rings. The zero-order valence-electron chi connectivity index (χ0n) is 12.8. The van der Waals surface area contributed by atoms with Crippen molar-refractivity contribution in [2.24, 2.45) is 0 Å². The minimum atomic E-state index is -0.327. The van der Waals surface area contributed by atoms with Crippen molar-refractivity contribution in [2.75, 3.05) is 46.1 Å². The molecule has 1 spiro atoms. The summed E-state index contributed by atoms with van der Waals surface area (Å²) in [6.07, 6.45) is 3.66. The topological polar surface area (TPSA) is 60.0 Å². The molecule has 21 heavy (non-hydrogen) atoms. The highest BCUT2D eigenvalue weighted by Gasteiger charge is 2.42. The summed E-state index contributed by atoms with van der Waals surface area (Å²) in [4.78, 5) is 14.1. The molecule has 2 aliphatic rings. The normalized spacial score (nSPS) is 29.4. The van der Waals surface area contributed by atoms with E-state index in [2.05, 4.69) is 11.9 Å². The van der Waals surface area contributed by atoms with Gasteiger partial charge in [0.2, 0.25) is 0 Å². The highest BCUT2D eigenvalue weighted by Crippen LogP contribution is 2.29. The quantitative estimate of drug-likeness (QED) is 0.611. The molecule has 1 N–H and O–H groups in total. The predicted molar refractivity (Wildman–Crippen MR) is 79.3 cm³/mol. The molecular formula is C15H26N2O4. The highest BCUT2D eigenvalue weighted by atomic mass is 16.6. The first-order chi connectivity index (χ1) is 10.2. The molecule has 2 heterocycles. The molecule has 2 rings (SSSR count). The maximum absolute atomic E-state index is 12.2. The van der Waals surface area contributed by atoms with E-state index < -0.39 is 0 Å². The third kappa shape index (κ3) is 4.69. The number of hydrogen-bond acceptors (Lipinski definition) is 4. The second-order valence-corrected chi connectivity index (χ2v) is 5.74. The highest BCUT2D eigenvalue weighted by molar-refractivity contribution is 5.74. The first-order valence-electron chi connectivity index (χ1n) is 7.62. The van der Waals surface area contributed by atoms with Crippen molar-refractivity contribution in [3.63, 3.8) is 0 Å². The smallest absolute Gasteiger partial charge is 0.317 e. The van der Waals surface area contributed by atoms with Gasteiger partial charge in [-0.25, -0.2) is 4.79 Å². The van der Waals surface area contributed by atoms with Gasteiger partial charge in [-0.15, -0.1) is 6.58 Å². The van der Waals surface area contributed by atoms with E-state index >= 15 is 0 Å². The van der Waals surface area contributed by atoms with Crippen LogP contribution in [-0.4, -0.2) is 68.7 Å². The van der Waals surface area contributed by atoms with E-state index in [-0.39, 0.29) is 17.7 Å². The van der Waals surface area contributed by atoms with Crippen molar-refractivity contribution in [2.45, 2.75) is 31.5 Å². The zero-order valence-corrected chi connectivity index (χ0v) is 12.8. The van der Waals surface area contributed by atoms with Gasteiger partial charge >= 0.3 is 6.03 Å². The molecule has 120 valence electrons. The Morgan fingerprint density at radius 1 is 1.62 bits per heavy atom. The molecule has 2 fully saturated rings. The largest absolute Gasteiger partial charge is 0.378 e.